The number of carbonyl (C=O) groups excluding carboxylic acids is 2. The Morgan fingerprint density at radius 1 is 1.12 bits per heavy atom. The monoisotopic (exact) mass is 477 g/mol. The summed E-state index contributed by atoms with van der Waals surface area (Å²) in [6.07, 6.45) is 2.36. The Labute approximate surface area is 194 Å². The minimum absolute atomic E-state index is 0.0842. The van der Waals surface area contributed by atoms with Crippen LogP contribution in [0.2, 0.25) is 10.0 Å². The third-order valence-electron chi connectivity index (χ3n) is 4.52. The largest absolute Gasteiger partial charge is 0.444 e. The molecule has 168 valence electrons. The smallest absolute Gasteiger partial charge is 0.408 e. The van der Waals surface area contributed by atoms with Gasteiger partial charge in [0.2, 0.25) is 0 Å². The number of hydrogen-bond donors (Lipinski definition) is 1. The summed E-state index contributed by atoms with van der Waals surface area (Å²) in [6, 6.07) is 8.16. The number of nitro groups is 1. The highest BCUT2D eigenvalue weighted by Gasteiger charge is 2.27. The number of rotatable bonds is 5. The number of alkyl carbamates (subject to hydrolysis) is 1. The zero-order valence-electron chi connectivity index (χ0n) is 17.6. The zero-order valence-corrected chi connectivity index (χ0v) is 19.1. The van der Waals surface area contributed by atoms with Gasteiger partial charge in [0.15, 0.2) is 0 Å². The summed E-state index contributed by atoms with van der Waals surface area (Å²) in [5.74, 6) is -0.458. The Morgan fingerprint density at radius 3 is 2.44 bits per heavy atom. The quantitative estimate of drug-likeness (QED) is 0.378. The standard InChI is InChI=1S/C22H21Cl2N3O5/c1-22(2,3)32-21(29)25-19(9-13-4-6-16(23)10-18(13)24)20(28)26-11-14-5-7-17(27(30)31)8-15(14)12-26/h4-8,10-12,19H,9H2,1-3H3,(H,25,29). The van der Waals surface area contributed by atoms with E-state index in [9.17, 15) is 19.7 Å². The summed E-state index contributed by atoms with van der Waals surface area (Å²) >= 11 is 12.2. The maximum atomic E-state index is 13.3. The van der Waals surface area contributed by atoms with E-state index in [1.807, 2.05) is 0 Å². The van der Waals surface area contributed by atoms with Crippen molar-refractivity contribution >= 4 is 51.7 Å². The first-order valence-corrected chi connectivity index (χ1v) is 10.4. The fourth-order valence-corrected chi connectivity index (χ4v) is 3.59. The summed E-state index contributed by atoms with van der Waals surface area (Å²) in [5.41, 5.74) is -0.228. The van der Waals surface area contributed by atoms with E-state index in [4.69, 9.17) is 27.9 Å². The second-order valence-electron chi connectivity index (χ2n) is 8.21. The van der Waals surface area contributed by atoms with Crippen LogP contribution in [0, 0.1) is 10.1 Å². The number of ether oxygens (including phenoxy) is 1. The molecule has 1 unspecified atom stereocenters. The summed E-state index contributed by atoms with van der Waals surface area (Å²) in [6.45, 7) is 5.14. The first-order valence-electron chi connectivity index (χ1n) is 9.67. The predicted molar refractivity (Wildman–Crippen MR) is 123 cm³/mol. The SMILES string of the molecule is CC(C)(C)OC(=O)NC(Cc1ccc(Cl)cc1Cl)C(=O)n1cc2ccc([N+](=O)[O-])cc2c1. The number of benzene rings is 2. The van der Waals surface area contributed by atoms with Crippen LogP contribution in [0.3, 0.4) is 0 Å². The van der Waals surface area contributed by atoms with Gasteiger partial charge in [-0.2, -0.15) is 0 Å². The van der Waals surface area contributed by atoms with Gasteiger partial charge in [0, 0.05) is 51.8 Å². The van der Waals surface area contributed by atoms with Crippen LogP contribution in [0.1, 0.15) is 31.1 Å². The molecule has 10 heteroatoms. The highest BCUT2D eigenvalue weighted by atomic mass is 35.5. The van der Waals surface area contributed by atoms with E-state index in [1.165, 1.54) is 22.9 Å². The maximum Gasteiger partial charge on any atom is 0.408 e. The van der Waals surface area contributed by atoms with Gasteiger partial charge < -0.3 is 10.1 Å². The molecule has 0 aliphatic heterocycles. The van der Waals surface area contributed by atoms with Gasteiger partial charge in [0.05, 0.1) is 4.92 Å². The van der Waals surface area contributed by atoms with Gasteiger partial charge in [0.1, 0.15) is 11.6 Å². The molecule has 3 aromatic rings. The van der Waals surface area contributed by atoms with Crippen molar-refractivity contribution in [1.82, 2.24) is 9.88 Å². The topological polar surface area (TPSA) is 103 Å². The van der Waals surface area contributed by atoms with Crippen molar-refractivity contribution in [3.05, 3.63) is 74.5 Å². The molecule has 1 aromatic heterocycles. The molecule has 0 radical (unpaired) electrons. The van der Waals surface area contributed by atoms with E-state index < -0.39 is 28.6 Å². The molecule has 1 N–H and O–H groups in total. The van der Waals surface area contributed by atoms with Gasteiger partial charge in [0.25, 0.3) is 11.6 Å². The van der Waals surface area contributed by atoms with E-state index in [0.717, 1.165) is 0 Å². The van der Waals surface area contributed by atoms with Gasteiger partial charge in [-0.1, -0.05) is 29.3 Å². The zero-order chi connectivity index (χ0) is 23.6. The molecule has 0 bridgehead atoms. The number of nitrogens with zero attached hydrogens (tertiary/aromatic N) is 2. The molecular weight excluding hydrogens is 457 g/mol. The van der Waals surface area contributed by atoms with Crippen molar-refractivity contribution in [3.63, 3.8) is 0 Å². The molecular formula is C22H21Cl2N3O5. The number of aromatic nitrogens is 1. The predicted octanol–water partition coefficient (Wildman–Crippen LogP) is 5.63. The molecule has 0 aliphatic carbocycles. The molecule has 0 fully saturated rings. The lowest BCUT2D eigenvalue weighted by molar-refractivity contribution is -0.384. The highest BCUT2D eigenvalue weighted by Crippen LogP contribution is 2.24. The number of non-ortho nitro benzene ring substituents is 1. The van der Waals surface area contributed by atoms with Gasteiger partial charge in [-0.3, -0.25) is 19.5 Å². The minimum Gasteiger partial charge on any atom is -0.444 e. The van der Waals surface area contributed by atoms with Gasteiger partial charge in [-0.15, -0.1) is 0 Å². The lowest BCUT2D eigenvalue weighted by Crippen LogP contribution is -2.46. The summed E-state index contributed by atoms with van der Waals surface area (Å²) in [5, 5.41) is 15.6. The van der Waals surface area contributed by atoms with Crippen molar-refractivity contribution in [2.75, 3.05) is 0 Å². The van der Waals surface area contributed by atoms with Crippen LogP contribution in [0.25, 0.3) is 10.8 Å². The average Bonchev–Trinajstić information content (AvgIpc) is 3.10. The number of amides is 1. The minimum atomic E-state index is -1.01. The lowest BCUT2D eigenvalue weighted by Gasteiger charge is -2.23. The number of fused-ring (bicyclic) bond motifs is 1. The molecule has 1 atom stereocenters. The van der Waals surface area contributed by atoms with Crippen LogP contribution < -0.4 is 5.32 Å². The third-order valence-corrected chi connectivity index (χ3v) is 5.11. The molecule has 8 nitrogen and oxygen atoms in total. The lowest BCUT2D eigenvalue weighted by atomic mass is 10.1. The molecule has 32 heavy (non-hydrogen) atoms. The highest BCUT2D eigenvalue weighted by molar-refractivity contribution is 6.35. The number of carbonyl (C=O) groups is 2. The second kappa shape index (κ2) is 9.18. The van der Waals surface area contributed by atoms with Crippen LogP contribution in [0.15, 0.2) is 48.8 Å². The van der Waals surface area contributed by atoms with E-state index in [1.54, 1.807) is 51.2 Å². The van der Waals surface area contributed by atoms with E-state index in [0.29, 0.717) is 26.4 Å². The van der Waals surface area contributed by atoms with Crippen LogP contribution >= 0.6 is 23.2 Å². The van der Waals surface area contributed by atoms with Crippen molar-refractivity contribution in [1.29, 1.82) is 0 Å². The van der Waals surface area contributed by atoms with Crippen molar-refractivity contribution in [2.45, 2.75) is 38.8 Å². The molecule has 3 rings (SSSR count). The summed E-state index contributed by atoms with van der Waals surface area (Å²) < 4.78 is 6.59. The van der Waals surface area contributed by atoms with Gasteiger partial charge in [-0.05, 0) is 44.5 Å². The van der Waals surface area contributed by atoms with E-state index in [2.05, 4.69) is 5.32 Å². The number of nitro benzene ring substituents is 1. The van der Waals surface area contributed by atoms with Crippen molar-refractivity contribution in [2.24, 2.45) is 0 Å². The number of hydrogen-bond acceptors (Lipinski definition) is 5. The summed E-state index contributed by atoms with van der Waals surface area (Å²) in [4.78, 5) is 36.2. The Morgan fingerprint density at radius 2 is 1.81 bits per heavy atom. The molecule has 0 spiro atoms. The van der Waals surface area contributed by atoms with E-state index >= 15 is 0 Å². The normalized spacial score (nSPS) is 12.4. The van der Waals surface area contributed by atoms with Crippen molar-refractivity contribution in [3.8, 4) is 0 Å². The second-order valence-corrected chi connectivity index (χ2v) is 9.06. The Hall–Kier alpha value is -3.10. The molecule has 1 heterocycles. The summed E-state index contributed by atoms with van der Waals surface area (Å²) in [7, 11) is 0. The van der Waals surface area contributed by atoms with Crippen molar-refractivity contribution < 1.29 is 19.2 Å². The number of nitrogens with one attached hydrogen (secondary N) is 1. The first-order chi connectivity index (χ1) is 14.9. The fourth-order valence-electron chi connectivity index (χ4n) is 3.11. The average molecular weight is 478 g/mol. The third kappa shape index (κ3) is 5.77. The fraction of sp³-hybridized carbons (Fsp3) is 0.273. The molecule has 2 aromatic carbocycles. The number of halogens is 2. The molecule has 0 saturated heterocycles. The molecule has 0 aliphatic rings. The van der Waals surface area contributed by atoms with E-state index in [-0.39, 0.29) is 12.1 Å². The Balaban J connectivity index is 1.93. The molecule has 1 amide bonds. The van der Waals surface area contributed by atoms with Gasteiger partial charge >= 0.3 is 6.09 Å². The van der Waals surface area contributed by atoms with Crippen LogP contribution in [0.4, 0.5) is 10.5 Å². The maximum absolute atomic E-state index is 13.3. The Kier molecular flexibility index (Phi) is 6.76. The van der Waals surface area contributed by atoms with Crippen LogP contribution in [0.5, 0.6) is 0 Å². The first kappa shape index (κ1) is 23.6. The molecule has 0 saturated carbocycles. The van der Waals surface area contributed by atoms with Crippen LogP contribution in [-0.2, 0) is 11.2 Å². The van der Waals surface area contributed by atoms with Crippen LogP contribution in [-0.4, -0.2) is 33.1 Å². The Bertz CT molecular complexity index is 1200. The van der Waals surface area contributed by atoms with Gasteiger partial charge in [-0.25, -0.2) is 4.79 Å².